The van der Waals surface area contributed by atoms with Crippen molar-refractivity contribution < 1.29 is 42.1 Å². The molecule has 0 heterocycles. The molecule has 0 fully saturated rings. The molecular weight excluding hydrogens is 340 g/mol. The predicted molar refractivity (Wildman–Crippen MR) is 91.7 cm³/mol. The molecule has 0 amide bonds. The zero-order valence-electron chi connectivity index (χ0n) is 16.8. The fourth-order valence-electron chi connectivity index (χ4n) is 0.534. The fraction of sp³-hybridized carbons (Fsp3) is 0.684. The first-order valence-corrected chi connectivity index (χ1v) is 7.97. The summed E-state index contributed by atoms with van der Waals surface area (Å²) in [6.45, 7) is 15.0. The van der Waals surface area contributed by atoms with Crippen LogP contribution in [0.15, 0.2) is 30.3 Å². The molecule has 1 aromatic carbocycles. The maximum atomic E-state index is 9.53. The van der Waals surface area contributed by atoms with Crippen LogP contribution < -0.4 is 20.4 Å². The van der Waals surface area contributed by atoms with E-state index in [1.807, 2.05) is 18.2 Å². The van der Waals surface area contributed by atoms with Crippen LogP contribution in [0.5, 0.6) is 0 Å². The summed E-state index contributed by atoms with van der Waals surface area (Å²) in [6.07, 6.45) is -1.67. The number of rotatable bonds is 0. The van der Waals surface area contributed by atoms with E-state index >= 15 is 0 Å². The van der Waals surface area contributed by atoms with Gasteiger partial charge in [-0.2, -0.15) is 0 Å². The van der Waals surface area contributed by atoms with Gasteiger partial charge in [0.25, 0.3) is 0 Å². The van der Waals surface area contributed by atoms with E-state index < -0.39 is 24.4 Å². The molecule has 140 valence electrons. The number of aryl methyl sites for hydroxylation is 1. The Balaban J connectivity index is -0.0000000641. The van der Waals surface area contributed by atoms with E-state index in [4.69, 9.17) is 0 Å². The third-order valence-corrected chi connectivity index (χ3v) is 0.940. The second-order valence-corrected chi connectivity index (χ2v) is 5.85. The molecule has 1 rings (SSSR count). The number of benzene rings is 1. The molecule has 0 saturated carbocycles. The topological polar surface area (TPSA) is 92.2 Å². The van der Waals surface area contributed by atoms with Crippen molar-refractivity contribution in [2.24, 2.45) is 0 Å². The Morgan fingerprint density at radius 3 is 0.792 bits per heavy atom. The van der Waals surface area contributed by atoms with Gasteiger partial charge >= 0.3 is 21.7 Å². The molecule has 4 nitrogen and oxygen atoms in total. The zero-order valence-corrected chi connectivity index (χ0v) is 18.4. The monoisotopic (exact) mass is 376 g/mol. The third-order valence-electron chi connectivity index (χ3n) is 0.940. The van der Waals surface area contributed by atoms with E-state index in [0.717, 1.165) is 0 Å². The van der Waals surface area contributed by atoms with Crippen molar-refractivity contribution in [1.82, 2.24) is 0 Å². The molecule has 0 N–H and O–H groups in total. The van der Waals surface area contributed by atoms with E-state index in [2.05, 4.69) is 19.1 Å². The average molecular weight is 376 g/mol. The number of hydrogen-bond acceptors (Lipinski definition) is 4. The first kappa shape index (κ1) is 35.0. The molecule has 0 atom stereocenters. The van der Waals surface area contributed by atoms with Crippen LogP contribution >= 0.6 is 0 Å². The largest absolute Gasteiger partial charge is 4.00 e. The summed E-state index contributed by atoms with van der Waals surface area (Å²) < 4.78 is 0. The van der Waals surface area contributed by atoms with Gasteiger partial charge in [-0.1, -0.05) is 91.3 Å². The fourth-order valence-corrected chi connectivity index (χ4v) is 0.534. The smallest absolute Gasteiger partial charge is 0.852 e. The summed E-state index contributed by atoms with van der Waals surface area (Å²) in [5.74, 6) is 0. The van der Waals surface area contributed by atoms with Crippen molar-refractivity contribution in [3.63, 3.8) is 0 Å². The van der Waals surface area contributed by atoms with Crippen LogP contribution in [0.2, 0.25) is 0 Å². The summed E-state index contributed by atoms with van der Waals surface area (Å²) >= 11 is 0. The van der Waals surface area contributed by atoms with Crippen LogP contribution in [0.1, 0.15) is 61.0 Å². The Bertz CT molecular complexity index is 254. The molecule has 0 radical (unpaired) electrons. The van der Waals surface area contributed by atoms with Gasteiger partial charge in [0.1, 0.15) is 0 Å². The van der Waals surface area contributed by atoms with Gasteiger partial charge < -0.3 is 20.4 Å². The molecule has 5 heteroatoms. The first-order valence-electron chi connectivity index (χ1n) is 7.97. The molecule has 0 bridgehead atoms. The maximum absolute atomic E-state index is 9.53. The van der Waals surface area contributed by atoms with Gasteiger partial charge in [0.15, 0.2) is 0 Å². The van der Waals surface area contributed by atoms with Crippen molar-refractivity contribution >= 4 is 0 Å². The van der Waals surface area contributed by atoms with E-state index in [1.165, 1.54) is 5.56 Å². The van der Waals surface area contributed by atoms with Gasteiger partial charge in [-0.15, -0.1) is 24.4 Å². The predicted octanol–water partition coefficient (Wildman–Crippen LogP) is 1.01. The number of hydrogen-bond donors (Lipinski definition) is 0. The Kier molecular flexibility index (Phi) is 40.3. The SMILES string of the molecule is CC(C)[O-].CC(C)[O-].CC(C)[O-].CC(C)[O-].Cc1ccccc1.[Ti+4]. The van der Waals surface area contributed by atoms with E-state index in [-0.39, 0.29) is 21.7 Å². The second kappa shape index (κ2) is 27.6. The summed E-state index contributed by atoms with van der Waals surface area (Å²) in [6, 6.07) is 10.3. The minimum absolute atomic E-state index is 0. The zero-order chi connectivity index (χ0) is 19.4. The van der Waals surface area contributed by atoms with Gasteiger partial charge in [-0.25, -0.2) is 0 Å². The van der Waals surface area contributed by atoms with E-state index in [1.54, 1.807) is 55.4 Å². The molecule has 0 aliphatic heterocycles. The molecule has 0 saturated heterocycles. The van der Waals surface area contributed by atoms with Gasteiger partial charge in [0, 0.05) is 0 Å². The van der Waals surface area contributed by atoms with E-state index in [9.17, 15) is 20.4 Å². The summed E-state index contributed by atoms with van der Waals surface area (Å²) in [4.78, 5) is 0. The van der Waals surface area contributed by atoms with Crippen LogP contribution in [0.4, 0.5) is 0 Å². The van der Waals surface area contributed by atoms with Crippen molar-refractivity contribution in [1.29, 1.82) is 0 Å². The minimum atomic E-state index is -0.417. The molecule has 0 spiro atoms. The molecule has 0 unspecified atom stereocenters. The standard InChI is InChI=1S/C7H8.4C3H7O.Ti/c1-7-5-3-2-4-6-7;4*1-3(2)4;/h2-6H,1H3;4*3H,1-2H3;/q;4*-1;+4. The average Bonchev–Trinajstić information content (AvgIpc) is 2.26. The van der Waals surface area contributed by atoms with Crippen LogP contribution in [0.3, 0.4) is 0 Å². The maximum Gasteiger partial charge on any atom is 4.00 e. The molecular formula is C19H36O4Ti. The molecule has 24 heavy (non-hydrogen) atoms. The van der Waals surface area contributed by atoms with E-state index in [0.29, 0.717) is 0 Å². The quantitative estimate of drug-likeness (QED) is 0.632. The van der Waals surface area contributed by atoms with Crippen molar-refractivity contribution in [2.75, 3.05) is 0 Å². The first-order chi connectivity index (χ1) is 10.3. The molecule has 0 aromatic heterocycles. The Hall–Kier alpha value is -0.226. The van der Waals surface area contributed by atoms with Crippen molar-refractivity contribution in [3.05, 3.63) is 35.9 Å². The van der Waals surface area contributed by atoms with Gasteiger partial charge in [-0.05, 0) is 6.92 Å². The van der Waals surface area contributed by atoms with Crippen LogP contribution in [-0.4, -0.2) is 24.4 Å². The summed E-state index contributed by atoms with van der Waals surface area (Å²) in [7, 11) is 0. The van der Waals surface area contributed by atoms with Crippen molar-refractivity contribution in [2.45, 2.75) is 86.7 Å². The molecule has 1 aromatic rings. The van der Waals surface area contributed by atoms with Crippen LogP contribution in [-0.2, 0) is 21.7 Å². The Labute approximate surface area is 164 Å². The summed E-state index contributed by atoms with van der Waals surface area (Å²) in [5.41, 5.74) is 1.32. The van der Waals surface area contributed by atoms with Crippen LogP contribution in [0.25, 0.3) is 0 Å². The Morgan fingerprint density at radius 1 is 0.542 bits per heavy atom. The normalized spacial score (nSPS) is 8.54. The van der Waals surface area contributed by atoms with Gasteiger partial charge in [-0.3, -0.25) is 0 Å². The summed E-state index contributed by atoms with van der Waals surface area (Å²) in [5, 5.41) is 38.1. The Morgan fingerprint density at radius 2 is 0.708 bits per heavy atom. The van der Waals surface area contributed by atoms with Crippen molar-refractivity contribution in [3.8, 4) is 0 Å². The molecule has 0 aliphatic rings. The minimum Gasteiger partial charge on any atom is -0.852 e. The van der Waals surface area contributed by atoms with Crippen LogP contribution in [0, 0.1) is 6.92 Å². The third kappa shape index (κ3) is 155. The van der Waals surface area contributed by atoms with Gasteiger partial charge in [0.05, 0.1) is 0 Å². The molecule has 0 aliphatic carbocycles. The van der Waals surface area contributed by atoms with Gasteiger partial charge in [0.2, 0.25) is 0 Å². The second-order valence-electron chi connectivity index (χ2n) is 5.85.